The molecule has 1 amide bonds. The zero-order valence-electron chi connectivity index (χ0n) is 16.5. The molecule has 3 aromatic rings. The number of methoxy groups -OCH3 is 1. The number of aromatic hydroxyl groups is 1. The van der Waals surface area contributed by atoms with Gasteiger partial charge in [0.25, 0.3) is 15.9 Å². The van der Waals surface area contributed by atoms with E-state index < -0.39 is 22.5 Å². The van der Waals surface area contributed by atoms with E-state index in [9.17, 15) is 18.3 Å². The van der Waals surface area contributed by atoms with Gasteiger partial charge in [-0.2, -0.15) is 5.10 Å². The summed E-state index contributed by atoms with van der Waals surface area (Å²) in [5.74, 6) is -0.327. The van der Waals surface area contributed by atoms with E-state index in [-0.39, 0.29) is 22.2 Å². The molecule has 0 atom stereocenters. The number of anilines is 1. The van der Waals surface area contributed by atoms with Crippen molar-refractivity contribution in [3.05, 3.63) is 78.5 Å². The number of aromatic nitrogens is 1. The topological polar surface area (TPSA) is 121 Å². The molecule has 2 aromatic carbocycles. The highest BCUT2D eigenvalue weighted by atomic mass is 32.2. The Morgan fingerprint density at radius 2 is 1.90 bits per heavy atom. The summed E-state index contributed by atoms with van der Waals surface area (Å²) < 4.78 is 32.1. The van der Waals surface area contributed by atoms with Gasteiger partial charge in [-0.25, -0.2) is 23.1 Å². The van der Waals surface area contributed by atoms with E-state index in [2.05, 4.69) is 15.5 Å². The van der Waals surface area contributed by atoms with Crippen molar-refractivity contribution < 1.29 is 23.1 Å². The number of benzene rings is 2. The standard InChI is InChI=1S/C21H20N4O5S/c1-30-19-13-16(10-11-18(19)26)14-23-24-21(27)15-25(20-9-5-6-12-22-20)31(28,29)17-7-3-2-4-8-17/h2-14,26H,15H2,1H3,(H,24,27)/b23-14+. The van der Waals surface area contributed by atoms with Gasteiger partial charge in [-0.15, -0.1) is 0 Å². The summed E-state index contributed by atoms with van der Waals surface area (Å²) in [5, 5.41) is 13.5. The maximum atomic E-state index is 13.1. The van der Waals surface area contributed by atoms with E-state index in [1.54, 1.807) is 36.4 Å². The van der Waals surface area contributed by atoms with Crippen LogP contribution in [0.2, 0.25) is 0 Å². The molecule has 1 aromatic heterocycles. The summed E-state index contributed by atoms with van der Waals surface area (Å²) in [7, 11) is -2.61. The molecule has 0 bridgehead atoms. The molecular weight excluding hydrogens is 420 g/mol. The molecule has 1 heterocycles. The highest BCUT2D eigenvalue weighted by Crippen LogP contribution is 2.25. The van der Waals surface area contributed by atoms with Gasteiger partial charge < -0.3 is 9.84 Å². The fourth-order valence-corrected chi connectivity index (χ4v) is 4.03. The molecule has 9 nitrogen and oxygen atoms in total. The van der Waals surface area contributed by atoms with Crippen molar-refractivity contribution in [2.24, 2.45) is 5.10 Å². The molecule has 2 N–H and O–H groups in total. The maximum Gasteiger partial charge on any atom is 0.265 e. The molecule has 0 aliphatic carbocycles. The predicted octanol–water partition coefficient (Wildman–Crippen LogP) is 2.14. The third-order valence-corrected chi connectivity index (χ3v) is 5.89. The minimum Gasteiger partial charge on any atom is -0.504 e. The van der Waals surface area contributed by atoms with Crippen LogP contribution in [0.5, 0.6) is 11.5 Å². The van der Waals surface area contributed by atoms with E-state index in [1.807, 2.05) is 0 Å². The van der Waals surface area contributed by atoms with Crippen molar-refractivity contribution in [3.63, 3.8) is 0 Å². The van der Waals surface area contributed by atoms with Crippen LogP contribution in [-0.4, -0.2) is 44.3 Å². The second-order valence-electron chi connectivity index (χ2n) is 6.24. The van der Waals surface area contributed by atoms with Crippen LogP contribution in [0, 0.1) is 0 Å². The lowest BCUT2D eigenvalue weighted by atomic mass is 10.2. The first kappa shape index (κ1) is 21.8. The zero-order valence-corrected chi connectivity index (χ0v) is 17.4. The number of nitrogens with zero attached hydrogens (tertiary/aromatic N) is 3. The van der Waals surface area contributed by atoms with E-state index in [1.165, 1.54) is 49.9 Å². The van der Waals surface area contributed by atoms with Crippen LogP contribution >= 0.6 is 0 Å². The average molecular weight is 440 g/mol. The van der Waals surface area contributed by atoms with Crippen molar-refractivity contribution in [2.75, 3.05) is 18.0 Å². The summed E-state index contributed by atoms with van der Waals surface area (Å²) in [4.78, 5) is 16.6. The van der Waals surface area contributed by atoms with Crippen LogP contribution in [-0.2, 0) is 14.8 Å². The van der Waals surface area contributed by atoms with Gasteiger partial charge in [0.15, 0.2) is 11.5 Å². The predicted molar refractivity (Wildman–Crippen MR) is 116 cm³/mol. The number of amides is 1. The second-order valence-corrected chi connectivity index (χ2v) is 8.10. The van der Waals surface area contributed by atoms with E-state index in [0.29, 0.717) is 5.56 Å². The number of carbonyl (C=O) groups is 1. The molecular formula is C21H20N4O5S. The van der Waals surface area contributed by atoms with Gasteiger partial charge >= 0.3 is 0 Å². The van der Waals surface area contributed by atoms with Gasteiger partial charge in [0.2, 0.25) is 0 Å². The van der Waals surface area contributed by atoms with Crippen LogP contribution in [0.4, 0.5) is 5.82 Å². The monoisotopic (exact) mass is 440 g/mol. The van der Waals surface area contributed by atoms with Gasteiger partial charge in [-0.05, 0) is 48.0 Å². The number of hydrazone groups is 1. The molecule has 0 saturated heterocycles. The Balaban J connectivity index is 1.78. The van der Waals surface area contributed by atoms with Crippen LogP contribution in [0.1, 0.15) is 5.56 Å². The normalized spacial score (nSPS) is 11.3. The van der Waals surface area contributed by atoms with Gasteiger partial charge in [-0.1, -0.05) is 24.3 Å². The maximum absolute atomic E-state index is 13.1. The average Bonchev–Trinajstić information content (AvgIpc) is 2.79. The summed E-state index contributed by atoms with van der Waals surface area (Å²) >= 11 is 0. The lowest BCUT2D eigenvalue weighted by Crippen LogP contribution is -2.40. The Kier molecular flexibility index (Phi) is 6.83. The van der Waals surface area contributed by atoms with Crippen LogP contribution in [0.25, 0.3) is 0 Å². The minimum absolute atomic E-state index is 0.0270. The number of rotatable bonds is 8. The molecule has 0 aliphatic rings. The Bertz CT molecular complexity index is 1170. The zero-order chi connectivity index (χ0) is 22.3. The smallest absolute Gasteiger partial charge is 0.265 e. The Morgan fingerprint density at radius 1 is 1.16 bits per heavy atom. The highest BCUT2D eigenvalue weighted by molar-refractivity contribution is 7.92. The summed E-state index contributed by atoms with van der Waals surface area (Å²) in [6.07, 6.45) is 2.79. The first-order valence-corrected chi connectivity index (χ1v) is 10.5. The van der Waals surface area contributed by atoms with Crippen LogP contribution in [0.3, 0.4) is 0 Å². The first-order chi connectivity index (χ1) is 14.9. The molecule has 160 valence electrons. The summed E-state index contributed by atoms with van der Waals surface area (Å²) in [6, 6.07) is 17.1. The molecule has 0 aliphatic heterocycles. The number of carbonyl (C=O) groups excluding carboxylic acids is 1. The lowest BCUT2D eigenvalue weighted by molar-refractivity contribution is -0.119. The fourth-order valence-electron chi connectivity index (χ4n) is 2.63. The van der Waals surface area contributed by atoms with E-state index >= 15 is 0 Å². The van der Waals surface area contributed by atoms with Crippen molar-refractivity contribution in [1.82, 2.24) is 10.4 Å². The lowest BCUT2D eigenvalue weighted by Gasteiger charge is -2.22. The Morgan fingerprint density at radius 3 is 2.58 bits per heavy atom. The van der Waals surface area contributed by atoms with Crippen LogP contribution in [0.15, 0.2) is 82.9 Å². The highest BCUT2D eigenvalue weighted by Gasteiger charge is 2.27. The van der Waals surface area contributed by atoms with Crippen molar-refractivity contribution in [1.29, 1.82) is 0 Å². The van der Waals surface area contributed by atoms with E-state index in [0.717, 1.165) is 4.31 Å². The largest absolute Gasteiger partial charge is 0.504 e. The number of hydrogen-bond acceptors (Lipinski definition) is 7. The minimum atomic E-state index is -4.03. The molecule has 0 saturated carbocycles. The number of hydrogen-bond donors (Lipinski definition) is 2. The van der Waals surface area contributed by atoms with Gasteiger partial charge in [0.05, 0.1) is 18.2 Å². The number of pyridine rings is 1. The first-order valence-electron chi connectivity index (χ1n) is 9.09. The SMILES string of the molecule is COc1cc(/C=N/NC(=O)CN(c2ccccn2)S(=O)(=O)c2ccccc2)ccc1O. The number of sulfonamides is 1. The number of nitrogens with one attached hydrogen (secondary N) is 1. The molecule has 0 spiro atoms. The molecule has 3 rings (SSSR count). The van der Waals surface area contributed by atoms with Crippen LogP contribution < -0.4 is 14.5 Å². The third kappa shape index (κ3) is 5.37. The Labute approximate surface area is 179 Å². The van der Waals surface area contributed by atoms with Crippen molar-refractivity contribution >= 4 is 28.0 Å². The third-order valence-electron chi connectivity index (χ3n) is 4.13. The number of phenolic OH excluding ortho intramolecular Hbond substituents is 1. The molecule has 0 radical (unpaired) electrons. The molecule has 31 heavy (non-hydrogen) atoms. The van der Waals surface area contributed by atoms with Gasteiger partial charge in [0, 0.05) is 6.20 Å². The molecule has 0 unspecified atom stereocenters. The fraction of sp³-hybridized carbons (Fsp3) is 0.0952. The number of ether oxygens (including phenoxy) is 1. The second kappa shape index (κ2) is 9.72. The molecule has 10 heteroatoms. The summed E-state index contributed by atoms with van der Waals surface area (Å²) in [5.41, 5.74) is 2.86. The Hall–Kier alpha value is -3.92. The van der Waals surface area contributed by atoms with Gasteiger partial charge in [-0.3, -0.25) is 4.79 Å². The van der Waals surface area contributed by atoms with Gasteiger partial charge in [0.1, 0.15) is 12.4 Å². The quantitative estimate of drug-likeness (QED) is 0.409. The summed E-state index contributed by atoms with van der Waals surface area (Å²) in [6.45, 7) is -0.523. The van der Waals surface area contributed by atoms with Crippen molar-refractivity contribution in [2.45, 2.75) is 4.90 Å². The van der Waals surface area contributed by atoms with E-state index in [4.69, 9.17) is 4.74 Å². The molecule has 0 fully saturated rings. The van der Waals surface area contributed by atoms with Crippen molar-refractivity contribution in [3.8, 4) is 11.5 Å². The number of phenols is 1.